The molecule has 216 valence electrons. The van der Waals surface area contributed by atoms with Gasteiger partial charge in [0.2, 0.25) is 0 Å². The number of rotatable bonds is 7. The third kappa shape index (κ3) is 12.5. The first kappa shape index (κ1) is 34.7. The average molecular weight is 770 g/mol. The van der Waals surface area contributed by atoms with Crippen molar-refractivity contribution in [1.82, 2.24) is 0 Å². The Labute approximate surface area is 260 Å². The molecular formula is C32H38N3O3P2Pt+3. The SMILES string of the molecule is O=[N+]([O-])[O-].[NH-]C1CCCCC1[NH-].[Pt+4].c1ccc([PH+](CC[PH+](c2ccccc2)c2ccccc2)c2ccccc2)cc1. The van der Waals surface area contributed by atoms with E-state index in [9.17, 15) is 0 Å². The van der Waals surface area contributed by atoms with Crippen LogP contribution in [0, 0.1) is 15.3 Å². The van der Waals surface area contributed by atoms with Crippen molar-refractivity contribution in [2.24, 2.45) is 0 Å². The van der Waals surface area contributed by atoms with Crippen LogP contribution in [0.4, 0.5) is 0 Å². The summed E-state index contributed by atoms with van der Waals surface area (Å²) >= 11 is 0. The van der Waals surface area contributed by atoms with Crippen molar-refractivity contribution in [2.45, 2.75) is 37.8 Å². The van der Waals surface area contributed by atoms with E-state index in [2.05, 4.69) is 121 Å². The maximum atomic E-state index is 8.25. The van der Waals surface area contributed by atoms with E-state index in [-0.39, 0.29) is 33.1 Å². The Kier molecular flexibility index (Phi) is 16.6. The second kappa shape index (κ2) is 19.6. The second-order valence-corrected chi connectivity index (χ2v) is 14.9. The van der Waals surface area contributed by atoms with Gasteiger partial charge in [-0.3, -0.25) is 0 Å². The quantitative estimate of drug-likeness (QED) is 0.116. The molecule has 0 amide bonds. The molecule has 1 fully saturated rings. The zero-order valence-electron chi connectivity index (χ0n) is 22.9. The Morgan fingerprint density at radius 1 is 0.561 bits per heavy atom. The van der Waals surface area contributed by atoms with Gasteiger partial charge in [0.15, 0.2) is 0 Å². The standard InChI is InChI=1S/C26H24P2.C6H12N2.NO3.Pt/c1-5-13-23(14-6-1)27(24-15-7-2-8-16-24)21-22-28(25-17-9-3-10-18-25)26-19-11-4-12-20-26;7-5-3-1-2-4-6(5)8;2-1(3)4;/h1-20H,21-22H2;5-8H,1-4H2;;/q;-2;-1;+4/p+2. The van der Waals surface area contributed by atoms with E-state index in [1.54, 1.807) is 0 Å². The molecule has 6 nitrogen and oxygen atoms in total. The molecule has 2 unspecified atom stereocenters. The van der Waals surface area contributed by atoms with Gasteiger partial charge in [-0.2, -0.15) is 12.1 Å². The van der Waals surface area contributed by atoms with E-state index >= 15 is 0 Å². The van der Waals surface area contributed by atoms with Crippen LogP contribution in [-0.2, 0) is 21.1 Å². The van der Waals surface area contributed by atoms with Gasteiger partial charge in [-0.05, 0) is 48.5 Å². The van der Waals surface area contributed by atoms with Crippen molar-refractivity contribution in [2.75, 3.05) is 12.3 Å². The first-order chi connectivity index (χ1) is 19.5. The van der Waals surface area contributed by atoms with E-state index in [4.69, 9.17) is 26.8 Å². The molecule has 1 aliphatic rings. The zero-order valence-corrected chi connectivity index (χ0v) is 27.2. The number of hydrogen-bond donors (Lipinski definition) is 0. The van der Waals surface area contributed by atoms with E-state index in [1.807, 2.05) is 0 Å². The summed E-state index contributed by atoms with van der Waals surface area (Å²) < 4.78 is 0. The topological polar surface area (TPSA) is 114 Å². The van der Waals surface area contributed by atoms with Crippen LogP contribution in [0.2, 0.25) is 0 Å². The molecule has 0 heterocycles. The Hall–Kier alpha value is -2.45. The minimum atomic E-state index is -1.75. The monoisotopic (exact) mass is 769 g/mol. The Morgan fingerprint density at radius 2 is 0.780 bits per heavy atom. The fourth-order valence-electron chi connectivity index (χ4n) is 4.85. The molecule has 1 aliphatic carbocycles. The summed E-state index contributed by atoms with van der Waals surface area (Å²) in [6.07, 6.45) is 6.77. The Balaban J connectivity index is 0.000000379. The zero-order chi connectivity index (χ0) is 28.6. The predicted octanol–water partition coefficient (Wildman–Crippen LogP) is 6.88. The number of nitrogens with zero attached hydrogens (tertiary/aromatic N) is 1. The minimum absolute atomic E-state index is 0. The summed E-state index contributed by atoms with van der Waals surface area (Å²) in [5, 5.41) is 20.8. The van der Waals surface area contributed by atoms with Crippen LogP contribution < -0.4 is 21.2 Å². The van der Waals surface area contributed by atoms with Gasteiger partial charge < -0.3 is 26.8 Å². The van der Waals surface area contributed by atoms with Crippen molar-refractivity contribution in [1.29, 1.82) is 0 Å². The number of hydrogen-bond acceptors (Lipinski definition) is 3. The molecule has 0 bridgehead atoms. The minimum Gasteiger partial charge on any atom is -0.676 e. The predicted molar refractivity (Wildman–Crippen MR) is 176 cm³/mol. The van der Waals surface area contributed by atoms with Gasteiger partial charge in [-0.15, -0.1) is 0 Å². The van der Waals surface area contributed by atoms with E-state index in [0.29, 0.717) is 0 Å². The van der Waals surface area contributed by atoms with Crippen LogP contribution in [0.5, 0.6) is 0 Å². The molecule has 0 aliphatic heterocycles. The Morgan fingerprint density at radius 3 is 0.976 bits per heavy atom. The van der Waals surface area contributed by atoms with Crippen LogP contribution in [0.15, 0.2) is 121 Å². The van der Waals surface area contributed by atoms with Gasteiger partial charge in [-0.1, -0.05) is 98.5 Å². The molecular weight excluding hydrogens is 731 g/mol. The summed E-state index contributed by atoms with van der Waals surface area (Å²) in [6.45, 7) is 0. The molecule has 0 spiro atoms. The van der Waals surface area contributed by atoms with Gasteiger partial charge >= 0.3 is 21.1 Å². The van der Waals surface area contributed by atoms with Crippen molar-refractivity contribution < 1.29 is 26.2 Å². The normalized spacial score (nSPS) is 15.9. The van der Waals surface area contributed by atoms with Gasteiger partial charge in [-0.25, -0.2) is 0 Å². The van der Waals surface area contributed by atoms with Crippen LogP contribution in [0.25, 0.3) is 11.5 Å². The maximum absolute atomic E-state index is 8.25. The van der Waals surface area contributed by atoms with Crippen molar-refractivity contribution in [3.63, 3.8) is 0 Å². The molecule has 0 radical (unpaired) electrons. The molecule has 4 aromatic carbocycles. The van der Waals surface area contributed by atoms with Crippen molar-refractivity contribution >= 4 is 37.1 Å². The smallest absolute Gasteiger partial charge is 0.676 e. The van der Waals surface area contributed by atoms with E-state index < -0.39 is 20.9 Å². The number of benzene rings is 4. The van der Waals surface area contributed by atoms with E-state index in [1.165, 1.54) is 46.4 Å². The van der Waals surface area contributed by atoms with Crippen LogP contribution >= 0.6 is 15.8 Å². The summed E-state index contributed by atoms with van der Waals surface area (Å²) in [4.78, 5) is 8.25. The van der Waals surface area contributed by atoms with Crippen molar-refractivity contribution in [3.8, 4) is 0 Å². The fourth-order valence-corrected chi connectivity index (χ4v) is 11.0. The third-order valence-electron chi connectivity index (χ3n) is 6.88. The molecule has 41 heavy (non-hydrogen) atoms. The van der Waals surface area contributed by atoms with Gasteiger partial charge in [0.1, 0.15) is 12.3 Å². The second-order valence-electron chi connectivity index (χ2n) is 9.64. The van der Waals surface area contributed by atoms with Gasteiger partial charge in [0.05, 0.1) is 42.1 Å². The third-order valence-corrected chi connectivity index (χ3v) is 13.0. The largest absolute Gasteiger partial charge is 4.00 e. The molecule has 1 saturated carbocycles. The van der Waals surface area contributed by atoms with Gasteiger partial charge in [0.25, 0.3) is 0 Å². The first-order valence-electron chi connectivity index (χ1n) is 13.6. The molecule has 5 rings (SSSR count). The Bertz CT molecular complexity index is 1070. The summed E-state index contributed by atoms with van der Waals surface area (Å²) in [5.74, 6) is 0. The molecule has 9 heteroatoms. The molecule has 2 atom stereocenters. The first-order valence-corrected chi connectivity index (χ1v) is 17.0. The number of nitrogens with one attached hydrogen (secondary N) is 2. The average Bonchev–Trinajstić information content (AvgIpc) is 2.99. The summed E-state index contributed by atoms with van der Waals surface area (Å²) in [5.41, 5.74) is 14.6. The van der Waals surface area contributed by atoms with Crippen LogP contribution in [-0.4, -0.2) is 29.5 Å². The molecule has 2 N–H and O–H groups in total. The summed E-state index contributed by atoms with van der Waals surface area (Å²) in [7, 11) is -1.57. The van der Waals surface area contributed by atoms with Crippen molar-refractivity contribution in [3.05, 3.63) is 148 Å². The summed E-state index contributed by atoms with van der Waals surface area (Å²) in [6, 6.07) is 44.3. The van der Waals surface area contributed by atoms with E-state index in [0.717, 1.165) is 12.8 Å². The van der Waals surface area contributed by atoms with Crippen LogP contribution in [0.1, 0.15) is 25.7 Å². The molecule has 4 aromatic rings. The van der Waals surface area contributed by atoms with Gasteiger partial charge in [0, 0.05) is 0 Å². The molecule has 0 saturated heterocycles. The molecule has 0 aromatic heterocycles. The fraction of sp³-hybridized carbons (Fsp3) is 0.250. The maximum Gasteiger partial charge on any atom is 4.00 e. The van der Waals surface area contributed by atoms with Crippen LogP contribution in [0.3, 0.4) is 0 Å².